The molecule has 0 saturated heterocycles. The molecule has 1 heteroatoms. The molecule has 1 aromatic rings. The van der Waals surface area contributed by atoms with Gasteiger partial charge in [0.05, 0.1) is 0 Å². The van der Waals surface area contributed by atoms with Crippen LogP contribution in [-0.4, -0.2) is 13.1 Å². The summed E-state index contributed by atoms with van der Waals surface area (Å²) in [5.74, 6) is 0. The molecule has 1 nitrogen and oxygen atoms in total. The van der Waals surface area contributed by atoms with Crippen molar-refractivity contribution in [2.24, 2.45) is 0 Å². The van der Waals surface area contributed by atoms with Gasteiger partial charge in [0.15, 0.2) is 0 Å². The van der Waals surface area contributed by atoms with Gasteiger partial charge in [-0.2, -0.15) is 0 Å². The zero-order valence-corrected chi connectivity index (χ0v) is 15.7. The average molecular weight is 318 g/mol. The van der Waals surface area contributed by atoms with E-state index in [4.69, 9.17) is 0 Å². The molecule has 1 aromatic carbocycles. The first kappa shape index (κ1) is 20.1. The summed E-state index contributed by atoms with van der Waals surface area (Å²) in [6.45, 7) is 7.00. The van der Waals surface area contributed by atoms with Crippen LogP contribution in [0.3, 0.4) is 0 Å². The van der Waals surface area contributed by atoms with Crippen molar-refractivity contribution in [2.45, 2.75) is 90.9 Å². The van der Waals surface area contributed by atoms with Crippen LogP contribution in [-0.2, 0) is 0 Å². The van der Waals surface area contributed by atoms with Crippen LogP contribution in [0.2, 0.25) is 0 Å². The second-order valence-electron chi connectivity index (χ2n) is 6.86. The molecule has 1 rings (SSSR count). The predicted molar refractivity (Wildman–Crippen MR) is 105 cm³/mol. The van der Waals surface area contributed by atoms with E-state index in [2.05, 4.69) is 49.1 Å². The molecule has 0 aliphatic rings. The Labute approximate surface area is 145 Å². The van der Waals surface area contributed by atoms with Gasteiger partial charge in [-0.05, 0) is 25.0 Å². The highest BCUT2D eigenvalue weighted by Crippen LogP contribution is 2.16. The minimum atomic E-state index is 1.21. The Morgan fingerprint density at radius 1 is 0.565 bits per heavy atom. The molecule has 0 unspecified atom stereocenters. The first-order chi connectivity index (χ1) is 11.4. The average Bonchev–Trinajstić information content (AvgIpc) is 2.60. The summed E-state index contributed by atoms with van der Waals surface area (Å²) < 4.78 is 0. The van der Waals surface area contributed by atoms with Gasteiger partial charge < -0.3 is 4.90 Å². The minimum absolute atomic E-state index is 1.21. The SMILES string of the molecule is CCCCCCCCCCCCN(CCCC)c1ccccc1. The molecule has 0 aromatic heterocycles. The molecule has 0 spiro atoms. The van der Waals surface area contributed by atoms with Crippen LogP contribution in [0.1, 0.15) is 90.9 Å². The first-order valence-electron chi connectivity index (χ1n) is 10.2. The lowest BCUT2D eigenvalue weighted by Crippen LogP contribution is -2.25. The molecular formula is C22H39N. The number of anilines is 1. The molecule has 0 bridgehead atoms. The second-order valence-corrected chi connectivity index (χ2v) is 6.86. The predicted octanol–water partition coefficient (Wildman–Crippen LogP) is 7.21. The lowest BCUT2D eigenvalue weighted by atomic mass is 10.1. The Bertz CT molecular complexity index is 346. The third-order valence-electron chi connectivity index (χ3n) is 4.68. The summed E-state index contributed by atoms with van der Waals surface area (Å²) in [6.07, 6.45) is 16.7. The van der Waals surface area contributed by atoms with Crippen molar-refractivity contribution in [2.75, 3.05) is 18.0 Å². The standard InChI is InChI=1S/C22H39N/c1-3-5-7-8-9-10-11-12-13-17-21-23(20-6-4-2)22-18-15-14-16-19-22/h14-16,18-19H,3-13,17,20-21H2,1-2H3. The van der Waals surface area contributed by atoms with Crippen molar-refractivity contribution in [1.82, 2.24) is 0 Å². The largest absolute Gasteiger partial charge is 0.372 e. The van der Waals surface area contributed by atoms with Crippen molar-refractivity contribution in [3.63, 3.8) is 0 Å². The summed E-state index contributed by atoms with van der Waals surface area (Å²) in [5, 5.41) is 0. The minimum Gasteiger partial charge on any atom is -0.372 e. The van der Waals surface area contributed by atoms with Crippen LogP contribution < -0.4 is 4.90 Å². The summed E-state index contributed by atoms with van der Waals surface area (Å²) >= 11 is 0. The highest BCUT2D eigenvalue weighted by molar-refractivity contribution is 5.45. The van der Waals surface area contributed by atoms with Gasteiger partial charge in [-0.15, -0.1) is 0 Å². The van der Waals surface area contributed by atoms with Gasteiger partial charge in [-0.3, -0.25) is 0 Å². The van der Waals surface area contributed by atoms with Gasteiger partial charge in [0.2, 0.25) is 0 Å². The molecule has 0 saturated carbocycles. The fourth-order valence-corrected chi connectivity index (χ4v) is 3.15. The number of para-hydroxylation sites is 1. The van der Waals surface area contributed by atoms with Crippen molar-refractivity contribution in [1.29, 1.82) is 0 Å². The Kier molecular flexibility index (Phi) is 12.7. The maximum atomic E-state index is 2.58. The van der Waals surface area contributed by atoms with E-state index in [1.165, 1.54) is 95.8 Å². The number of rotatable bonds is 15. The molecule has 132 valence electrons. The molecule has 0 atom stereocenters. The van der Waals surface area contributed by atoms with Crippen LogP contribution in [0, 0.1) is 0 Å². The summed E-state index contributed by atoms with van der Waals surface area (Å²) in [4.78, 5) is 2.58. The number of nitrogens with zero attached hydrogens (tertiary/aromatic N) is 1. The van der Waals surface area contributed by atoms with Crippen LogP contribution in [0.5, 0.6) is 0 Å². The lowest BCUT2D eigenvalue weighted by Gasteiger charge is -2.24. The van der Waals surface area contributed by atoms with E-state index in [1.54, 1.807) is 0 Å². The van der Waals surface area contributed by atoms with E-state index in [0.29, 0.717) is 0 Å². The maximum absolute atomic E-state index is 2.58. The summed E-state index contributed by atoms with van der Waals surface area (Å²) in [7, 11) is 0. The van der Waals surface area contributed by atoms with E-state index in [1.807, 2.05) is 0 Å². The van der Waals surface area contributed by atoms with Crippen LogP contribution in [0.4, 0.5) is 5.69 Å². The molecular weight excluding hydrogens is 278 g/mol. The monoisotopic (exact) mass is 317 g/mol. The third-order valence-corrected chi connectivity index (χ3v) is 4.68. The molecule has 0 amide bonds. The van der Waals surface area contributed by atoms with Crippen molar-refractivity contribution < 1.29 is 0 Å². The fraction of sp³-hybridized carbons (Fsp3) is 0.727. The van der Waals surface area contributed by atoms with Crippen LogP contribution in [0.25, 0.3) is 0 Å². The first-order valence-corrected chi connectivity index (χ1v) is 10.2. The number of unbranched alkanes of at least 4 members (excludes halogenated alkanes) is 10. The summed E-state index contributed by atoms with van der Waals surface area (Å²) in [6, 6.07) is 10.9. The van der Waals surface area contributed by atoms with Gasteiger partial charge in [0.1, 0.15) is 0 Å². The van der Waals surface area contributed by atoms with E-state index in [0.717, 1.165) is 0 Å². The molecule has 23 heavy (non-hydrogen) atoms. The van der Waals surface area contributed by atoms with Gasteiger partial charge in [-0.1, -0.05) is 96.3 Å². The van der Waals surface area contributed by atoms with Gasteiger partial charge in [0.25, 0.3) is 0 Å². The topological polar surface area (TPSA) is 3.24 Å². The zero-order chi connectivity index (χ0) is 16.6. The molecule has 0 fully saturated rings. The van der Waals surface area contributed by atoms with Crippen molar-refractivity contribution in [3.05, 3.63) is 30.3 Å². The third kappa shape index (κ3) is 10.4. The maximum Gasteiger partial charge on any atom is 0.0366 e. The van der Waals surface area contributed by atoms with Gasteiger partial charge in [0, 0.05) is 18.8 Å². The second kappa shape index (κ2) is 14.6. The van der Waals surface area contributed by atoms with Crippen molar-refractivity contribution in [3.8, 4) is 0 Å². The Balaban J connectivity index is 2.09. The molecule has 0 N–H and O–H groups in total. The molecule has 0 heterocycles. The molecule has 0 aliphatic heterocycles. The van der Waals surface area contributed by atoms with E-state index in [-0.39, 0.29) is 0 Å². The quantitative estimate of drug-likeness (QED) is 0.309. The lowest BCUT2D eigenvalue weighted by molar-refractivity contribution is 0.552. The van der Waals surface area contributed by atoms with Crippen LogP contribution in [0.15, 0.2) is 30.3 Å². The van der Waals surface area contributed by atoms with Gasteiger partial charge >= 0.3 is 0 Å². The molecule has 0 aliphatic carbocycles. The number of benzene rings is 1. The Morgan fingerprint density at radius 2 is 1.04 bits per heavy atom. The zero-order valence-electron chi connectivity index (χ0n) is 15.7. The normalized spacial score (nSPS) is 10.9. The highest BCUT2D eigenvalue weighted by Gasteiger charge is 2.04. The highest BCUT2D eigenvalue weighted by atomic mass is 15.1. The van der Waals surface area contributed by atoms with E-state index >= 15 is 0 Å². The van der Waals surface area contributed by atoms with E-state index in [9.17, 15) is 0 Å². The van der Waals surface area contributed by atoms with Crippen LogP contribution >= 0.6 is 0 Å². The van der Waals surface area contributed by atoms with Crippen molar-refractivity contribution >= 4 is 5.69 Å². The fourth-order valence-electron chi connectivity index (χ4n) is 3.15. The number of hydrogen-bond acceptors (Lipinski definition) is 1. The van der Waals surface area contributed by atoms with E-state index < -0.39 is 0 Å². The summed E-state index contributed by atoms with van der Waals surface area (Å²) in [5.41, 5.74) is 1.40. The number of hydrogen-bond donors (Lipinski definition) is 0. The van der Waals surface area contributed by atoms with Gasteiger partial charge in [-0.25, -0.2) is 0 Å². The Morgan fingerprint density at radius 3 is 1.61 bits per heavy atom. The smallest absolute Gasteiger partial charge is 0.0366 e. The molecule has 0 radical (unpaired) electrons. The Hall–Kier alpha value is -0.980.